The highest BCUT2D eigenvalue weighted by Crippen LogP contribution is 2.38. The molecule has 39 heavy (non-hydrogen) atoms. The molecule has 2 aromatic carbocycles. The highest BCUT2D eigenvalue weighted by Gasteiger charge is 2.44. The SMILES string of the molecule is CCN(CC1=C(c2ccc(Cl)cc2)S(=O)(=O)NC1(C)C)C(=O)C(COCc1ccccc1)NC(=O)C(C)(C)N. The van der Waals surface area contributed by atoms with Crippen LogP contribution in [0.4, 0.5) is 0 Å². The third kappa shape index (κ3) is 7.67. The Balaban J connectivity index is 1.92. The molecule has 0 aromatic heterocycles. The first kappa shape index (κ1) is 30.8. The maximum absolute atomic E-state index is 13.8. The molecular weight excluding hydrogens is 540 g/mol. The monoisotopic (exact) mass is 576 g/mol. The number of sulfonamides is 1. The Hall–Kier alpha value is -2.76. The summed E-state index contributed by atoms with van der Waals surface area (Å²) in [6.45, 7) is 8.84. The van der Waals surface area contributed by atoms with Gasteiger partial charge in [-0.15, -0.1) is 0 Å². The predicted molar refractivity (Wildman–Crippen MR) is 153 cm³/mol. The van der Waals surface area contributed by atoms with Crippen LogP contribution < -0.4 is 15.8 Å². The molecule has 0 aliphatic carbocycles. The van der Waals surface area contributed by atoms with Crippen molar-refractivity contribution in [3.63, 3.8) is 0 Å². The number of nitrogens with zero attached hydrogens (tertiary/aromatic N) is 1. The van der Waals surface area contributed by atoms with Gasteiger partial charge in [-0.2, -0.15) is 0 Å². The van der Waals surface area contributed by atoms with Crippen molar-refractivity contribution in [1.29, 1.82) is 0 Å². The van der Waals surface area contributed by atoms with Gasteiger partial charge in [-0.3, -0.25) is 9.59 Å². The van der Waals surface area contributed by atoms with E-state index < -0.39 is 39.0 Å². The van der Waals surface area contributed by atoms with E-state index >= 15 is 0 Å². The Labute approximate surface area is 235 Å². The first-order chi connectivity index (χ1) is 18.2. The molecule has 1 aliphatic heterocycles. The molecule has 0 saturated heterocycles. The van der Waals surface area contributed by atoms with E-state index in [1.807, 2.05) is 30.3 Å². The van der Waals surface area contributed by atoms with Crippen molar-refractivity contribution in [2.24, 2.45) is 5.73 Å². The van der Waals surface area contributed by atoms with Crippen molar-refractivity contribution < 1.29 is 22.7 Å². The third-order valence-electron chi connectivity index (χ3n) is 6.42. The van der Waals surface area contributed by atoms with Crippen LogP contribution in [0.1, 0.15) is 45.7 Å². The first-order valence-corrected chi connectivity index (χ1v) is 14.6. The minimum atomic E-state index is -3.86. The van der Waals surface area contributed by atoms with Crippen LogP contribution >= 0.6 is 11.6 Å². The van der Waals surface area contributed by atoms with E-state index in [2.05, 4.69) is 10.0 Å². The van der Waals surface area contributed by atoms with E-state index in [9.17, 15) is 18.0 Å². The molecule has 1 atom stereocenters. The molecule has 4 N–H and O–H groups in total. The van der Waals surface area contributed by atoms with Gasteiger partial charge in [-0.25, -0.2) is 13.1 Å². The van der Waals surface area contributed by atoms with Gasteiger partial charge in [-0.05, 0) is 63.5 Å². The van der Waals surface area contributed by atoms with E-state index in [0.717, 1.165) is 5.56 Å². The maximum atomic E-state index is 13.8. The van der Waals surface area contributed by atoms with E-state index in [-0.39, 0.29) is 31.2 Å². The number of benzene rings is 2. The molecule has 1 aliphatic rings. The number of nitrogens with one attached hydrogen (secondary N) is 2. The lowest BCUT2D eigenvalue weighted by Gasteiger charge is -2.32. The summed E-state index contributed by atoms with van der Waals surface area (Å²) in [5.41, 5.74) is 5.72. The van der Waals surface area contributed by atoms with Gasteiger partial charge in [0.1, 0.15) is 6.04 Å². The van der Waals surface area contributed by atoms with Crippen molar-refractivity contribution in [2.75, 3.05) is 19.7 Å². The molecule has 1 unspecified atom stereocenters. The fraction of sp³-hybridized carbons (Fsp3) is 0.429. The largest absolute Gasteiger partial charge is 0.374 e. The van der Waals surface area contributed by atoms with Crippen molar-refractivity contribution in [2.45, 2.75) is 58.3 Å². The topological polar surface area (TPSA) is 131 Å². The van der Waals surface area contributed by atoms with Gasteiger partial charge >= 0.3 is 0 Å². The Morgan fingerprint density at radius 2 is 1.74 bits per heavy atom. The molecule has 212 valence electrons. The molecule has 0 radical (unpaired) electrons. The number of amides is 2. The quantitative estimate of drug-likeness (QED) is 0.377. The summed E-state index contributed by atoms with van der Waals surface area (Å²) >= 11 is 6.03. The number of hydrogen-bond donors (Lipinski definition) is 3. The average Bonchev–Trinajstić information content (AvgIpc) is 3.04. The zero-order chi connectivity index (χ0) is 29.0. The van der Waals surface area contributed by atoms with Gasteiger partial charge in [-0.1, -0.05) is 54.1 Å². The van der Waals surface area contributed by atoms with E-state index in [1.54, 1.807) is 58.9 Å². The van der Waals surface area contributed by atoms with E-state index in [1.165, 1.54) is 4.90 Å². The molecule has 3 rings (SSSR count). The highest BCUT2D eigenvalue weighted by molar-refractivity contribution is 7.99. The Morgan fingerprint density at radius 3 is 2.31 bits per heavy atom. The second-order valence-electron chi connectivity index (χ2n) is 10.6. The number of carbonyl (C=O) groups excluding carboxylic acids is 2. The highest BCUT2D eigenvalue weighted by atomic mass is 35.5. The standard InChI is InChI=1S/C28H37ClN4O5S/c1-6-33(16-22-24(20-12-14-21(29)15-13-20)39(36,37)32-28(22,4)5)25(34)23(31-26(35)27(2,3)30)18-38-17-19-10-8-7-9-11-19/h7-15,23,32H,6,16-18,30H2,1-5H3,(H,31,35). The second-order valence-corrected chi connectivity index (χ2v) is 12.7. The molecule has 2 aromatic rings. The van der Waals surface area contributed by atoms with Crippen LogP contribution in [0.15, 0.2) is 60.2 Å². The van der Waals surface area contributed by atoms with Crippen LogP contribution in [0.5, 0.6) is 0 Å². The van der Waals surface area contributed by atoms with Gasteiger partial charge in [0.05, 0.1) is 29.2 Å². The molecule has 0 bridgehead atoms. The number of hydrogen-bond acceptors (Lipinski definition) is 6. The van der Waals surface area contributed by atoms with E-state index in [4.69, 9.17) is 22.1 Å². The molecule has 0 spiro atoms. The average molecular weight is 577 g/mol. The lowest BCUT2D eigenvalue weighted by Crippen LogP contribution is -2.58. The molecular formula is C28H37ClN4O5S. The van der Waals surface area contributed by atoms with Crippen LogP contribution in [-0.4, -0.2) is 61.9 Å². The summed E-state index contributed by atoms with van der Waals surface area (Å²) in [5.74, 6) is -0.919. The number of nitrogens with two attached hydrogens (primary N) is 1. The Kier molecular flexibility index (Phi) is 9.61. The van der Waals surface area contributed by atoms with Gasteiger partial charge in [0.15, 0.2) is 0 Å². The molecule has 11 heteroatoms. The molecule has 1 heterocycles. The minimum absolute atomic E-state index is 0.0175. The molecule has 2 amide bonds. The molecule has 0 saturated carbocycles. The predicted octanol–water partition coefficient (Wildman–Crippen LogP) is 3.05. The van der Waals surface area contributed by atoms with Crippen LogP contribution in [0, 0.1) is 0 Å². The van der Waals surface area contributed by atoms with Gasteiger partial charge in [0.2, 0.25) is 21.8 Å². The number of likely N-dealkylation sites (N-methyl/N-ethyl adjacent to an activating group) is 1. The van der Waals surface area contributed by atoms with E-state index in [0.29, 0.717) is 16.2 Å². The summed E-state index contributed by atoms with van der Waals surface area (Å²) in [6.07, 6.45) is 0. The number of halogens is 1. The summed E-state index contributed by atoms with van der Waals surface area (Å²) < 4.78 is 34.9. The molecule has 0 fully saturated rings. The van der Waals surface area contributed by atoms with Crippen LogP contribution in [0.25, 0.3) is 4.91 Å². The zero-order valence-electron chi connectivity index (χ0n) is 23.0. The van der Waals surface area contributed by atoms with Crippen molar-refractivity contribution in [3.05, 3.63) is 76.3 Å². The summed E-state index contributed by atoms with van der Waals surface area (Å²) in [4.78, 5) is 28.2. The van der Waals surface area contributed by atoms with Crippen LogP contribution in [0.3, 0.4) is 0 Å². The zero-order valence-corrected chi connectivity index (χ0v) is 24.5. The summed E-state index contributed by atoms with van der Waals surface area (Å²) in [5, 5.41) is 3.20. The van der Waals surface area contributed by atoms with Crippen molar-refractivity contribution in [1.82, 2.24) is 14.9 Å². The first-order valence-electron chi connectivity index (χ1n) is 12.7. The van der Waals surface area contributed by atoms with Crippen molar-refractivity contribution in [3.8, 4) is 0 Å². The summed E-state index contributed by atoms with van der Waals surface area (Å²) in [6, 6.07) is 15.0. The maximum Gasteiger partial charge on any atom is 0.247 e. The normalized spacial score (nSPS) is 17.1. The van der Waals surface area contributed by atoms with Gasteiger partial charge in [0, 0.05) is 18.1 Å². The van der Waals surface area contributed by atoms with Crippen LogP contribution in [0.2, 0.25) is 5.02 Å². The Bertz CT molecular complexity index is 1320. The number of ether oxygens (including phenoxy) is 1. The van der Waals surface area contributed by atoms with Gasteiger partial charge in [0.25, 0.3) is 0 Å². The smallest absolute Gasteiger partial charge is 0.247 e. The van der Waals surface area contributed by atoms with Crippen molar-refractivity contribution >= 4 is 38.3 Å². The lowest BCUT2D eigenvalue weighted by molar-refractivity contribution is -0.139. The fourth-order valence-electron chi connectivity index (χ4n) is 4.24. The Morgan fingerprint density at radius 1 is 1.13 bits per heavy atom. The third-order valence-corrected chi connectivity index (χ3v) is 8.47. The fourth-order valence-corrected chi connectivity index (χ4v) is 6.35. The van der Waals surface area contributed by atoms with Gasteiger partial charge < -0.3 is 20.7 Å². The number of carbonyl (C=O) groups is 2. The minimum Gasteiger partial charge on any atom is -0.374 e. The molecule has 9 nitrogen and oxygen atoms in total. The second kappa shape index (κ2) is 12.2. The number of rotatable bonds is 11. The van der Waals surface area contributed by atoms with Crippen LogP contribution in [-0.2, 0) is 31.0 Å². The summed E-state index contributed by atoms with van der Waals surface area (Å²) in [7, 11) is -3.86. The lowest BCUT2D eigenvalue weighted by atomic mass is 9.92.